The molecule has 1 aliphatic carbocycles. The largest absolute Gasteiger partial charge is 0.508 e. The average Bonchev–Trinajstić information content (AvgIpc) is 2.54. The molecule has 1 heterocycles. The van der Waals surface area contributed by atoms with Gasteiger partial charge in [0, 0.05) is 12.6 Å². The van der Waals surface area contributed by atoms with Crippen LogP contribution in [0.3, 0.4) is 0 Å². The van der Waals surface area contributed by atoms with E-state index in [1.165, 1.54) is 19.3 Å². The van der Waals surface area contributed by atoms with E-state index in [1.807, 2.05) is 10.7 Å². The van der Waals surface area contributed by atoms with E-state index >= 15 is 0 Å². The third-order valence-electron chi connectivity index (χ3n) is 3.15. The van der Waals surface area contributed by atoms with Crippen LogP contribution < -0.4 is 0 Å². The van der Waals surface area contributed by atoms with Gasteiger partial charge in [0.1, 0.15) is 11.3 Å². The first-order valence-electron chi connectivity index (χ1n) is 5.35. The minimum Gasteiger partial charge on any atom is -0.508 e. The second-order valence-electron chi connectivity index (χ2n) is 4.24. The summed E-state index contributed by atoms with van der Waals surface area (Å²) in [7, 11) is 0. The molecule has 1 N–H and O–H groups in total. The normalized spacial score (nSPS) is 16.8. The highest BCUT2D eigenvalue weighted by molar-refractivity contribution is 5.75. The number of hydrogen-bond acceptors (Lipinski definition) is 3. The van der Waals surface area contributed by atoms with Gasteiger partial charge in [0.15, 0.2) is 0 Å². The highest BCUT2D eigenvalue weighted by Crippen LogP contribution is 2.28. The lowest BCUT2D eigenvalue weighted by atomic mass is 9.85. The monoisotopic (exact) mass is 203 g/mol. The van der Waals surface area contributed by atoms with Crippen LogP contribution in [0.2, 0.25) is 0 Å². The lowest BCUT2D eigenvalue weighted by Gasteiger charge is -2.24. The average molecular weight is 203 g/mol. The summed E-state index contributed by atoms with van der Waals surface area (Å²) in [6.45, 7) is 0.960. The number of phenolic OH excluding ortho intramolecular Hbond substituents is 1. The van der Waals surface area contributed by atoms with Gasteiger partial charge >= 0.3 is 0 Å². The molecule has 15 heavy (non-hydrogen) atoms. The molecule has 0 bridgehead atoms. The van der Waals surface area contributed by atoms with Crippen LogP contribution in [-0.2, 0) is 6.54 Å². The van der Waals surface area contributed by atoms with Gasteiger partial charge in [0.05, 0.1) is 5.52 Å². The molecule has 4 nitrogen and oxygen atoms in total. The zero-order valence-electron chi connectivity index (χ0n) is 8.43. The molecule has 1 aromatic heterocycles. The summed E-state index contributed by atoms with van der Waals surface area (Å²) in [5.41, 5.74) is 1.79. The SMILES string of the molecule is Oc1ccc2c(c1)nnn2CC1CCC1. The Kier molecular flexibility index (Phi) is 1.87. The summed E-state index contributed by atoms with van der Waals surface area (Å²) in [5.74, 6) is 1.02. The minimum absolute atomic E-state index is 0.248. The van der Waals surface area contributed by atoms with E-state index in [0.29, 0.717) is 0 Å². The summed E-state index contributed by atoms with van der Waals surface area (Å²) in [5, 5.41) is 17.5. The molecule has 0 saturated heterocycles. The molecule has 1 aliphatic rings. The summed E-state index contributed by atoms with van der Waals surface area (Å²) in [6.07, 6.45) is 3.96. The van der Waals surface area contributed by atoms with Crippen LogP contribution in [0.1, 0.15) is 19.3 Å². The molecule has 1 fully saturated rings. The minimum atomic E-state index is 0.248. The van der Waals surface area contributed by atoms with Gasteiger partial charge in [0.25, 0.3) is 0 Å². The second kappa shape index (κ2) is 3.22. The molecular weight excluding hydrogens is 190 g/mol. The first-order chi connectivity index (χ1) is 7.33. The third kappa shape index (κ3) is 1.46. The molecule has 2 aromatic rings. The van der Waals surface area contributed by atoms with Crippen LogP contribution >= 0.6 is 0 Å². The third-order valence-corrected chi connectivity index (χ3v) is 3.15. The van der Waals surface area contributed by atoms with E-state index in [4.69, 9.17) is 0 Å². The van der Waals surface area contributed by atoms with Crippen LogP contribution in [0, 0.1) is 5.92 Å². The predicted octanol–water partition coefficient (Wildman–Crippen LogP) is 1.94. The topological polar surface area (TPSA) is 50.9 Å². The van der Waals surface area contributed by atoms with Gasteiger partial charge in [0.2, 0.25) is 0 Å². The van der Waals surface area contributed by atoms with Gasteiger partial charge in [-0.1, -0.05) is 11.6 Å². The van der Waals surface area contributed by atoms with Crippen molar-refractivity contribution in [1.82, 2.24) is 15.0 Å². The van der Waals surface area contributed by atoms with Crippen LogP contribution in [-0.4, -0.2) is 20.1 Å². The van der Waals surface area contributed by atoms with Gasteiger partial charge < -0.3 is 5.11 Å². The van der Waals surface area contributed by atoms with Crippen LogP contribution in [0.15, 0.2) is 18.2 Å². The Morgan fingerprint density at radius 2 is 2.27 bits per heavy atom. The van der Waals surface area contributed by atoms with Crippen molar-refractivity contribution in [1.29, 1.82) is 0 Å². The number of benzene rings is 1. The van der Waals surface area contributed by atoms with Crippen molar-refractivity contribution in [2.24, 2.45) is 5.92 Å². The summed E-state index contributed by atoms with van der Waals surface area (Å²) in [6, 6.07) is 5.21. The molecule has 0 unspecified atom stereocenters. The Morgan fingerprint density at radius 1 is 1.40 bits per heavy atom. The lowest BCUT2D eigenvalue weighted by Crippen LogP contribution is -2.18. The van der Waals surface area contributed by atoms with Crippen molar-refractivity contribution in [3.8, 4) is 5.75 Å². The van der Waals surface area contributed by atoms with Gasteiger partial charge in [-0.2, -0.15) is 0 Å². The number of fused-ring (bicyclic) bond motifs is 1. The van der Waals surface area contributed by atoms with Crippen molar-refractivity contribution in [2.75, 3.05) is 0 Å². The number of aromatic hydroxyl groups is 1. The Morgan fingerprint density at radius 3 is 3.00 bits per heavy atom. The smallest absolute Gasteiger partial charge is 0.117 e. The summed E-state index contributed by atoms with van der Waals surface area (Å²) >= 11 is 0. The molecule has 1 aromatic carbocycles. The second-order valence-corrected chi connectivity index (χ2v) is 4.24. The number of phenols is 1. The molecule has 0 spiro atoms. The predicted molar refractivity (Wildman–Crippen MR) is 56.5 cm³/mol. The van der Waals surface area contributed by atoms with E-state index in [-0.39, 0.29) is 5.75 Å². The van der Waals surface area contributed by atoms with Gasteiger partial charge in [-0.25, -0.2) is 4.68 Å². The van der Waals surface area contributed by atoms with Gasteiger partial charge in [-0.3, -0.25) is 0 Å². The maximum Gasteiger partial charge on any atom is 0.117 e. The fraction of sp³-hybridized carbons (Fsp3) is 0.455. The lowest BCUT2D eigenvalue weighted by molar-refractivity contribution is 0.268. The molecule has 0 atom stereocenters. The van der Waals surface area contributed by atoms with E-state index in [0.717, 1.165) is 23.5 Å². The number of nitrogens with zero attached hydrogens (tertiary/aromatic N) is 3. The number of aromatic nitrogens is 3. The molecule has 4 heteroatoms. The first-order valence-corrected chi connectivity index (χ1v) is 5.35. The molecule has 0 aliphatic heterocycles. The summed E-state index contributed by atoms with van der Waals surface area (Å²) < 4.78 is 1.94. The first kappa shape index (κ1) is 8.71. The standard InChI is InChI=1S/C11H13N3O/c15-9-4-5-11-10(6-9)12-13-14(11)7-8-2-1-3-8/h4-6,8,15H,1-3,7H2. The molecule has 0 radical (unpaired) electrons. The van der Waals surface area contributed by atoms with Crippen LogP contribution in [0.5, 0.6) is 5.75 Å². The zero-order chi connectivity index (χ0) is 10.3. The Labute approximate surface area is 87.5 Å². The number of rotatable bonds is 2. The highest BCUT2D eigenvalue weighted by atomic mass is 16.3. The molecule has 0 amide bonds. The fourth-order valence-corrected chi connectivity index (χ4v) is 2.02. The maximum absolute atomic E-state index is 9.30. The van der Waals surface area contributed by atoms with Crippen molar-refractivity contribution in [3.05, 3.63) is 18.2 Å². The van der Waals surface area contributed by atoms with E-state index in [1.54, 1.807) is 12.1 Å². The Hall–Kier alpha value is -1.58. The van der Waals surface area contributed by atoms with Crippen molar-refractivity contribution in [2.45, 2.75) is 25.8 Å². The quantitative estimate of drug-likeness (QED) is 0.811. The van der Waals surface area contributed by atoms with Gasteiger partial charge in [-0.05, 0) is 30.9 Å². The van der Waals surface area contributed by atoms with Crippen molar-refractivity contribution < 1.29 is 5.11 Å². The van der Waals surface area contributed by atoms with Crippen LogP contribution in [0.25, 0.3) is 11.0 Å². The van der Waals surface area contributed by atoms with E-state index in [9.17, 15) is 5.11 Å². The molecule has 3 rings (SSSR count). The van der Waals surface area contributed by atoms with Crippen molar-refractivity contribution in [3.63, 3.8) is 0 Å². The van der Waals surface area contributed by atoms with E-state index < -0.39 is 0 Å². The molecule has 78 valence electrons. The van der Waals surface area contributed by atoms with E-state index in [2.05, 4.69) is 10.3 Å². The fourth-order valence-electron chi connectivity index (χ4n) is 2.02. The van der Waals surface area contributed by atoms with Gasteiger partial charge in [-0.15, -0.1) is 5.10 Å². The Balaban J connectivity index is 1.96. The number of hydrogen-bond donors (Lipinski definition) is 1. The molecular formula is C11H13N3O. The highest BCUT2D eigenvalue weighted by Gasteiger charge is 2.19. The summed E-state index contributed by atoms with van der Waals surface area (Å²) in [4.78, 5) is 0. The maximum atomic E-state index is 9.30. The van der Waals surface area contributed by atoms with Crippen molar-refractivity contribution >= 4 is 11.0 Å². The zero-order valence-corrected chi connectivity index (χ0v) is 8.43. The molecule has 1 saturated carbocycles. The Bertz CT molecular complexity index is 488. The van der Waals surface area contributed by atoms with Crippen LogP contribution in [0.4, 0.5) is 0 Å².